The highest BCUT2D eigenvalue weighted by Crippen LogP contribution is 2.19. The summed E-state index contributed by atoms with van der Waals surface area (Å²) >= 11 is 3.43. The van der Waals surface area contributed by atoms with Gasteiger partial charge in [0, 0.05) is 24.7 Å². The molecule has 0 saturated heterocycles. The SMILES string of the molecule is C[Si](C)(C)CCOCn1cnnc1-c1ccc(Br)cc1. The number of benzene rings is 1. The Kier molecular flexibility index (Phi) is 5.12. The Morgan fingerprint density at radius 1 is 1.20 bits per heavy atom. The van der Waals surface area contributed by atoms with Gasteiger partial charge in [-0.3, -0.25) is 4.57 Å². The van der Waals surface area contributed by atoms with Crippen LogP contribution < -0.4 is 0 Å². The van der Waals surface area contributed by atoms with Crippen LogP contribution in [0.1, 0.15) is 0 Å². The van der Waals surface area contributed by atoms with Crippen LogP contribution in [-0.2, 0) is 11.5 Å². The highest BCUT2D eigenvalue weighted by molar-refractivity contribution is 9.10. The van der Waals surface area contributed by atoms with Gasteiger partial charge in [0.15, 0.2) is 5.82 Å². The number of rotatable bonds is 6. The van der Waals surface area contributed by atoms with Crippen LogP contribution in [-0.4, -0.2) is 29.4 Å². The predicted molar refractivity (Wildman–Crippen MR) is 87.3 cm³/mol. The fourth-order valence-corrected chi connectivity index (χ4v) is 2.73. The van der Waals surface area contributed by atoms with Crippen LogP contribution in [0.5, 0.6) is 0 Å². The third-order valence-corrected chi connectivity index (χ3v) is 5.18. The number of hydrogen-bond acceptors (Lipinski definition) is 3. The van der Waals surface area contributed by atoms with Crippen LogP contribution in [0.3, 0.4) is 0 Å². The lowest BCUT2D eigenvalue weighted by atomic mass is 10.2. The van der Waals surface area contributed by atoms with Gasteiger partial charge in [-0.05, 0) is 18.2 Å². The Morgan fingerprint density at radius 3 is 2.55 bits per heavy atom. The van der Waals surface area contributed by atoms with Gasteiger partial charge in [-0.15, -0.1) is 10.2 Å². The molecule has 0 amide bonds. The minimum Gasteiger partial charge on any atom is -0.361 e. The van der Waals surface area contributed by atoms with Gasteiger partial charge in [0.05, 0.1) is 0 Å². The molecule has 0 aliphatic rings. The Balaban J connectivity index is 1.97. The smallest absolute Gasteiger partial charge is 0.165 e. The van der Waals surface area contributed by atoms with E-state index >= 15 is 0 Å². The maximum atomic E-state index is 5.75. The van der Waals surface area contributed by atoms with Crippen molar-refractivity contribution in [2.24, 2.45) is 0 Å². The second-order valence-electron chi connectivity index (χ2n) is 5.98. The zero-order chi connectivity index (χ0) is 14.6. The first-order valence-electron chi connectivity index (χ1n) is 6.67. The van der Waals surface area contributed by atoms with E-state index in [0.29, 0.717) is 6.73 Å². The van der Waals surface area contributed by atoms with Gasteiger partial charge < -0.3 is 4.74 Å². The number of ether oxygens (including phenoxy) is 1. The van der Waals surface area contributed by atoms with E-state index in [1.165, 1.54) is 6.04 Å². The van der Waals surface area contributed by atoms with Crippen molar-refractivity contribution in [3.63, 3.8) is 0 Å². The fourth-order valence-electron chi connectivity index (χ4n) is 1.71. The molecule has 0 saturated carbocycles. The summed E-state index contributed by atoms with van der Waals surface area (Å²) in [6.07, 6.45) is 1.71. The molecule has 0 N–H and O–H groups in total. The zero-order valence-corrected chi connectivity index (χ0v) is 14.7. The third kappa shape index (κ3) is 4.54. The highest BCUT2D eigenvalue weighted by Gasteiger charge is 2.12. The first-order valence-corrected chi connectivity index (χ1v) is 11.2. The topological polar surface area (TPSA) is 39.9 Å². The predicted octanol–water partition coefficient (Wildman–Crippen LogP) is 4.02. The molecular weight excluding hydrogens is 334 g/mol. The quantitative estimate of drug-likeness (QED) is 0.581. The summed E-state index contributed by atoms with van der Waals surface area (Å²) in [6.45, 7) is 8.35. The van der Waals surface area contributed by atoms with Crippen molar-refractivity contribution in [2.45, 2.75) is 32.4 Å². The van der Waals surface area contributed by atoms with Gasteiger partial charge in [-0.1, -0.05) is 47.7 Å². The van der Waals surface area contributed by atoms with Crippen molar-refractivity contribution in [1.82, 2.24) is 14.8 Å². The lowest BCUT2D eigenvalue weighted by Crippen LogP contribution is -2.22. The molecule has 20 heavy (non-hydrogen) atoms. The average molecular weight is 354 g/mol. The molecule has 1 heterocycles. The van der Waals surface area contributed by atoms with Gasteiger partial charge in [-0.25, -0.2) is 0 Å². The van der Waals surface area contributed by atoms with E-state index < -0.39 is 8.07 Å². The molecule has 0 aliphatic carbocycles. The van der Waals surface area contributed by atoms with E-state index in [0.717, 1.165) is 22.5 Å². The van der Waals surface area contributed by atoms with Crippen LogP contribution in [0.15, 0.2) is 35.1 Å². The Bertz CT molecular complexity index is 548. The van der Waals surface area contributed by atoms with Gasteiger partial charge in [0.25, 0.3) is 0 Å². The molecule has 2 aromatic rings. The maximum absolute atomic E-state index is 5.75. The summed E-state index contributed by atoms with van der Waals surface area (Å²) in [6, 6.07) is 9.21. The Morgan fingerprint density at radius 2 is 1.90 bits per heavy atom. The van der Waals surface area contributed by atoms with E-state index in [-0.39, 0.29) is 0 Å². The van der Waals surface area contributed by atoms with Crippen molar-refractivity contribution in [3.05, 3.63) is 35.1 Å². The molecular formula is C14H20BrN3OSi. The molecule has 0 aliphatic heterocycles. The van der Waals surface area contributed by atoms with Crippen LogP contribution in [0.2, 0.25) is 25.7 Å². The second kappa shape index (κ2) is 6.65. The fraction of sp³-hybridized carbons (Fsp3) is 0.429. The van der Waals surface area contributed by atoms with Crippen molar-refractivity contribution >= 4 is 24.0 Å². The van der Waals surface area contributed by atoms with Crippen LogP contribution in [0, 0.1) is 0 Å². The number of nitrogens with zero attached hydrogens (tertiary/aromatic N) is 3. The van der Waals surface area contributed by atoms with E-state index in [1.54, 1.807) is 6.33 Å². The molecule has 1 aromatic carbocycles. The van der Waals surface area contributed by atoms with Crippen LogP contribution >= 0.6 is 15.9 Å². The van der Waals surface area contributed by atoms with Crippen molar-refractivity contribution in [2.75, 3.05) is 6.61 Å². The molecule has 0 radical (unpaired) electrons. The molecule has 2 rings (SSSR count). The van der Waals surface area contributed by atoms with Crippen molar-refractivity contribution < 1.29 is 4.74 Å². The highest BCUT2D eigenvalue weighted by atomic mass is 79.9. The first-order chi connectivity index (χ1) is 9.46. The number of halogens is 1. The Hall–Kier alpha value is -0.983. The third-order valence-electron chi connectivity index (χ3n) is 2.94. The minimum absolute atomic E-state index is 0.503. The summed E-state index contributed by atoms with van der Waals surface area (Å²) in [5.74, 6) is 0.838. The molecule has 0 spiro atoms. The summed E-state index contributed by atoms with van der Waals surface area (Å²) in [5, 5.41) is 8.15. The van der Waals surface area contributed by atoms with E-state index in [4.69, 9.17) is 4.74 Å². The monoisotopic (exact) mass is 353 g/mol. The van der Waals surface area contributed by atoms with Gasteiger partial charge in [0.2, 0.25) is 0 Å². The molecule has 108 valence electrons. The summed E-state index contributed by atoms with van der Waals surface area (Å²) < 4.78 is 8.74. The van der Waals surface area contributed by atoms with E-state index in [2.05, 4.69) is 45.8 Å². The lowest BCUT2D eigenvalue weighted by molar-refractivity contribution is 0.0880. The first kappa shape index (κ1) is 15.4. The number of aromatic nitrogens is 3. The molecule has 0 atom stereocenters. The zero-order valence-electron chi connectivity index (χ0n) is 12.1. The standard InChI is InChI=1S/C14H20BrN3OSi/c1-20(2,3)9-8-19-11-18-10-16-17-14(18)12-4-6-13(15)7-5-12/h4-7,10H,8-9,11H2,1-3H3. The molecule has 0 unspecified atom stereocenters. The lowest BCUT2D eigenvalue weighted by Gasteiger charge is -2.15. The van der Waals surface area contributed by atoms with Crippen molar-refractivity contribution in [1.29, 1.82) is 0 Å². The van der Waals surface area contributed by atoms with Crippen LogP contribution in [0.4, 0.5) is 0 Å². The molecule has 4 nitrogen and oxygen atoms in total. The van der Waals surface area contributed by atoms with Gasteiger partial charge in [0.1, 0.15) is 13.1 Å². The van der Waals surface area contributed by atoms with Gasteiger partial charge in [-0.2, -0.15) is 0 Å². The normalized spacial score (nSPS) is 11.8. The van der Waals surface area contributed by atoms with E-state index in [9.17, 15) is 0 Å². The summed E-state index contributed by atoms with van der Waals surface area (Å²) in [5.41, 5.74) is 1.04. The molecule has 1 aromatic heterocycles. The largest absolute Gasteiger partial charge is 0.361 e. The summed E-state index contributed by atoms with van der Waals surface area (Å²) in [4.78, 5) is 0. The second-order valence-corrected chi connectivity index (χ2v) is 12.5. The number of hydrogen-bond donors (Lipinski definition) is 0. The molecule has 0 fully saturated rings. The van der Waals surface area contributed by atoms with E-state index in [1.807, 2.05) is 28.8 Å². The van der Waals surface area contributed by atoms with Crippen LogP contribution in [0.25, 0.3) is 11.4 Å². The Labute approximate surface area is 129 Å². The maximum Gasteiger partial charge on any atom is 0.165 e. The molecule has 0 bridgehead atoms. The van der Waals surface area contributed by atoms with Crippen molar-refractivity contribution in [3.8, 4) is 11.4 Å². The molecule has 6 heteroatoms. The van der Waals surface area contributed by atoms with Gasteiger partial charge >= 0.3 is 0 Å². The summed E-state index contributed by atoms with van der Waals surface area (Å²) in [7, 11) is -1.03. The average Bonchev–Trinajstić information content (AvgIpc) is 2.83. The minimum atomic E-state index is -1.03.